The third-order valence-corrected chi connectivity index (χ3v) is 4.59. The average molecular weight is 326 g/mol. The quantitative estimate of drug-likeness (QED) is 0.862. The minimum absolute atomic E-state index is 0.114. The zero-order valence-electron chi connectivity index (χ0n) is 14.6. The van der Waals surface area contributed by atoms with Gasteiger partial charge in [0.2, 0.25) is 0 Å². The minimum Gasteiger partial charge on any atom is -0.339 e. The van der Waals surface area contributed by atoms with Crippen molar-refractivity contribution in [2.24, 2.45) is 0 Å². The summed E-state index contributed by atoms with van der Waals surface area (Å²) in [5, 5.41) is 4.47. The summed E-state index contributed by atoms with van der Waals surface area (Å²) in [5.74, 6) is 1.07. The summed E-state index contributed by atoms with van der Waals surface area (Å²) >= 11 is 0. The van der Waals surface area contributed by atoms with E-state index in [2.05, 4.69) is 23.9 Å². The summed E-state index contributed by atoms with van der Waals surface area (Å²) in [7, 11) is 0. The first-order chi connectivity index (χ1) is 11.7. The Labute approximate surface area is 143 Å². The van der Waals surface area contributed by atoms with Gasteiger partial charge in [-0.1, -0.05) is 39.2 Å². The van der Waals surface area contributed by atoms with Crippen molar-refractivity contribution < 1.29 is 4.79 Å². The highest BCUT2D eigenvalue weighted by Crippen LogP contribution is 2.24. The van der Waals surface area contributed by atoms with Crippen LogP contribution in [0.25, 0.3) is 5.82 Å². The van der Waals surface area contributed by atoms with Gasteiger partial charge in [0.05, 0.1) is 17.5 Å². The Balaban J connectivity index is 1.92. The average Bonchev–Trinajstić information content (AvgIpc) is 3.00. The zero-order valence-corrected chi connectivity index (χ0v) is 14.6. The van der Waals surface area contributed by atoms with Gasteiger partial charge < -0.3 is 4.90 Å². The molecule has 128 valence electrons. The first kappa shape index (κ1) is 16.7. The van der Waals surface area contributed by atoms with E-state index in [0.717, 1.165) is 43.0 Å². The molecule has 1 aliphatic heterocycles. The molecule has 2 aromatic rings. The molecule has 0 aliphatic carbocycles. The highest BCUT2D eigenvalue weighted by molar-refractivity contribution is 5.95. The van der Waals surface area contributed by atoms with E-state index in [9.17, 15) is 4.79 Å². The van der Waals surface area contributed by atoms with Gasteiger partial charge in [-0.3, -0.25) is 4.79 Å². The van der Waals surface area contributed by atoms with Crippen molar-refractivity contribution in [2.45, 2.75) is 51.9 Å². The molecule has 0 N–H and O–H groups in total. The van der Waals surface area contributed by atoms with E-state index in [1.807, 2.05) is 27.8 Å². The minimum atomic E-state index is 0.114. The summed E-state index contributed by atoms with van der Waals surface area (Å²) in [4.78, 5) is 19.5. The second-order valence-corrected chi connectivity index (χ2v) is 6.76. The predicted octanol–water partition coefficient (Wildman–Crippen LogP) is 3.80. The molecular weight excluding hydrogens is 300 g/mol. The van der Waals surface area contributed by atoms with E-state index < -0.39 is 0 Å². The van der Waals surface area contributed by atoms with Crippen molar-refractivity contribution in [3.8, 4) is 5.82 Å². The number of pyridine rings is 1. The number of carbonyl (C=O) groups excluding carboxylic acids is 1. The van der Waals surface area contributed by atoms with E-state index in [0.29, 0.717) is 0 Å². The Kier molecular flexibility index (Phi) is 5.28. The molecule has 0 spiro atoms. The Morgan fingerprint density at radius 1 is 1.08 bits per heavy atom. The molecule has 1 aliphatic rings. The molecule has 0 aromatic carbocycles. The lowest BCUT2D eigenvalue weighted by atomic mass is 10.0. The molecule has 0 bridgehead atoms. The first-order valence-corrected chi connectivity index (χ1v) is 8.97. The van der Waals surface area contributed by atoms with Gasteiger partial charge in [-0.25, -0.2) is 9.67 Å². The number of rotatable bonds is 3. The molecule has 5 heteroatoms. The van der Waals surface area contributed by atoms with Crippen molar-refractivity contribution in [3.05, 3.63) is 41.9 Å². The number of nitrogens with zero attached hydrogens (tertiary/aromatic N) is 4. The molecule has 2 aromatic heterocycles. The van der Waals surface area contributed by atoms with Gasteiger partial charge >= 0.3 is 0 Å². The zero-order chi connectivity index (χ0) is 16.9. The van der Waals surface area contributed by atoms with Crippen LogP contribution in [0.3, 0.4) is 0 Å². The first-order valence-electron chi connectivity index (χ1n) is 8.97. The summed E-state index contributed by atoms with van der Waals surface area (Å²) in [5.41, 5.74) is 1.66. The maximum Gasteiger partial charge on any atom is 0.257 e. The number of likely N-dealkylation sites (tertiary alicyclic amines) is 1. The van der Waals surface area contributed by atoms with E-state index in [1.165, 1.54) is 19.3 Å². The van der Waals surface area contributed by atoms with Crippen molar-refractivity contribution in [1.82, 2.24) is 19.7 Å². The summed E-state index contributed by atoms with van der Waals surface area (Å²) in [6, 6.07) is 5.74. The Bertz CT molecular complexity index is 670. The summed E-state index contributed by atoms with van der Waals surface area (Å²) in [6.07, 6.45) is 9.37. The van der Waals surface area contributed by atoms with Gasteiger partial charge in [0.15, 0.2) is 5.82 Å². The molecule has 1 fully saturated rings. The molecule has 5 nitrogen and oxygen atoms in total. The number of amides is 1. The molecule has 1 saturated heterocycles. The smallest absolute Gasteiger partial charge is 0.257 e. The number of aromatic nitrogens is 3. The van der Waals surface area contributed by atoms with Crippen LogP contribution in [0, 0.1) is 0 Å². The maximum absolute atomic E-state index is 13.1. The lowest BCUT2D eigenvalue weighted by Gasteiger charge is -2.25. The van der Waals surface area contributed by atoms with Crippen molar-refractivity contribution in [3.63, 3.8) is 0 Å². The molecule has 0 atom stereocenters. The molecule has 1 amide bonds. The third-order valence-electron chi connectivity index (χ3n) is 4.59. The maximum atomic E-state index is 13.1. The van der Waals surface area contributed by atoms with Gasteiger partial charge in [0, 0.05) is 19.3 Å². The standard InChI is InChI=1S/C19H26N4O/c1-15(2)18-16(14-21-23(18)17-10-6-7-11-20-17)19(24)22-12-8-4-3-5-9-13-22/h6-7,10-11,14-15H,3-5,8-9,12-13H2,1-2H3. The largest absolute Gasteiger partial charge is 0.339 e. The fourth-order valence-electron chi connectivity index (χ4n) is 3.36. The monoisotopic (exact) mass is 326 g/mol. The fraction of sp³-hybridized carbons (Fsp3) is 0.526. The number of carbonyl (C=O) groups is 1. The van der Waals surface area contributed by atoms with Crippen LogP contribution in [0.5, 0.6) is 0 Å². The molecule has 0 radical (unpaired) electrons. The van der Waals surface area contributed by atoms with Crippen LogP contribution in [0.2, 0.25) is 0 Å². The van der Waals surface area contributed by atoms with Crippen LogP contribution in [0.1, 0.15) is 67.9 Å². The van der Waals surface area contributed by atoms with E-state index in [1.54, 1.807) is 12.4 Å². The summed E-state index contributed by atoms with van der Waals surface area (Å²) in [6.45, 7) is 5.90. The van der Waals surface area contributed by atoms with E-state index >= 15 is 0 Å². The third kappa shape index (κ3) is 3.50. The van der Waals surface area contributed by atoms with Crippen LogP contribution < -0.4 is 0 Å². The second-order valence-electron chi connectivity index (χ2n) is 6.76. The molecular formula is C19H26N4O. The Morgan fingerprint density at radius 2 is 1.79 bits per heavy atom. The van der Waals surface area contributed by atoms with Crippen LogP contribution in [0.15, 0.2) is 30.6 Å². The fourth-order valence-corrected chi connectivity index (χ4v) is 3.36. The topological polar surface area (TPSA) is 51.0 Å². The van der Waals surface area contributed by atoms with Crippen LogP contribution >= 0.6 is 0 Å². The van der Waals surface area contributed by atoms with Crippen molar-refractivity contribution >= 4 is 5.91 Å². The van der Waals surface area contributed by atoms with Gasteiger partial charge in [-0.15, -0.1) is 0 Å². The molecule has 3 rings (SSSR count). The summed E-state index contributed by atoms with van der Waals surface area (Å²) < 4.78 is 1.81. The van der Waals surface area contributed by atoms with Crippen LogP contribution in [0.4, 0.5) is 0 Å². The lowest BCUT2D eigenvalue weighted by molar-refractivity contribution is 0.0741. The van der Waals surface area contributed by atoms with Crippen LogP contribution in [-0.2, 0) is 0 Å². The Morgan fingerprint density at radius 3 is 2.42 bits per heavy atom. The molecule has 24 heavy (non-hydrogen) atoms. The van der Waals surface area contributed by atoms with E-state index in [-0.39, 0.29) is 11.8 Å². The molecule has 0 saturated carbocycles. The molecule has 0 unspecified atom stereocenters. The number of hydrogen-bond acceptors (Lipinski definition) is 3. The predicted molar refractivity (Wildman–Crippen MR) is 94.4 cm³/mol. The van der Waals surface area contributed by atoms with Crippen molar-refractivity contribution in [2.75, 3.05) is 13.1 Å². The van der Waals surface area contributed by atoms with Crippen molar-refractivity contribution in [1.29, 1.82) is 0 Å². The Hall–Kier alpha value is -2.17. The van der Waals surface area contributed by atoms with Gasteiger partial charge in [-0.2, -0.15) is 5.10 Å². The van der Waals surface area contributed by atoms with Crippen LogP contribution in [-0.4, -0.2) is 38.7 Å². The normalized spacial score (nSPS) is 16.0. The van der Waals surface area contributed by atoms with Gasteiger partial charge in [0.1, 0.15) is 0 Å². The highest BCUT2D eigenvalue weighted by Gasteiger charge is 2.25. The van der Waals surface area contributed by atoms with Gasteiger partial charge in [-0.05, 0) is 30.9 Å². The number of hydrogen-bond donors (Lipinski definition) is 0. The second kappa shape index (κ2) is 7.60. The lowest BCUT2D eigenvalue weighted by Crippen LogP contribution is -2.34. The SMILES string of the molecule is CC(C)c1c(C(=O)N2CCCCCCC2)cnn1-c1ccccn1. The highest BCUT2D eigenvalue weighted by atomic mass is 16.2. The van der Waals surface area contributed by atoms with Gasteiger partial charge in [0.25, 0.3) is 5.91 Å². The van der Waals surface area contributed by atoms with E-state index in [4.69, 9.17) is 0 Å². The molecule has 3 heterocycles.